The van der Waals surface area contributed by atoms with Gasteiger partial charge in [-0.3, -0.25) is 0 Å². The van der Waals surface area contributed by atoms with Gasteiger partial charge >= 0.3 is 0 Å². The second-order valence-electron chi connectivity index (χ2n) is 2.54. The minimum absolute atomic E-state index is 0.471. The van der Waals surface area contributed by atoms with Crippen molar-refractivity contribution in [3.05, 3.63) is 24.2 Å². The van der Waals surface area contributed by atoms with Crippen molar-refractivity contribution < 1.29 is 0 Å². The number of rotatable bonds is 0. The first-order chi connectivity index (χ1) is 6.33. The number of fused-ring (bicyclic) bond motifs is 1. The topological polar surface area (TPSA) is 56.2 Å². The number of nitrogens with zero attached hydrogens (tertiary/aromatic N) is 3. The molecule has 4 nitrogen and oxygen atoms in total. The van der Waals surface area contributed by atoms with Crippen molar-refractivity contribution >= 4 is 11.3 Å². The lowest BCUT2D eigenvalue weighted by molar-refractivity contribution is 0.896. The molecule has 0 amide bonds. The number of hydrogen-bond donors (Lipinski definition) is 1. The molecule has 2 rings (SSSR count). The fourth-order valence-electron chi connectivity index (χ4n) is 1.18. The van der Waals surface area contributed by atoms with E-state index in [-0.39, 0.29) is 0 Å². The van der Waals surface area contributed by atoms with Crippen LogP contribution in [-0.4, -0.2) is 14.6 Å². The van der Waals surface area contributed by atoms with Gasteiger partial charge in [0.05, 0.1) is 0 Å². The van der Waals surface area contributed by atoms with Gasteiger partial charge in [0.1, 0.15) is 17.5 Å². The lowest BCUT2D eigenvalue weighted by atomic mass is 10.4. The summed E-state index contributed by atoms with van der Waals surface area (Å²) in [5.41, 5.74) is 7.26. The van der Waals surface area contributed by atoms with Crippen LogP contribution >= 0.6 is 0 Å². The largest absolute Gasteiger partial charge is 0.382 e. The maximum absolute atomic E-state index is 5.65. The molecule has 0 aromatic carbocycles. The van der Waals surface area contributed by atoms with E-state index in [9.17, 15) is 0 Å². The number of aromatic nitrogens is 3. The van der Waals surface area contributed by atoms with Crippen molar-refractivity contribution in [3.63, 3.8) is 0 Å². The van der Waals surface area contributed by atoms with E-state index in [1.54, 1.807) is 11.4 Å². The van der Waals surface area contributed by atoms with Crippen molar-refractivity contribution in [2.45, 2.75) is 6.92 Å². The van der Waals surface area contributed by atoms with Gasteiger partial charge in [-0.2, -0.15) is 5.10 Å². The molecule has 2 heterocycles. The maximum atomic E-state index is 5.65. The molecule has 0 bridgehead atoms. The summed E-state index contributed by atoms with van der Waals surface area (Å²) in [5.74, 6) is 6.21. The zero-order chi connectivity index (χ0) is 9.26. The first kappa shape index (κ1) is 7.62. The minimum atomic E-state index is 0.471. The number of hydrogen-bond acceptors (Lipinski definition) is 3. The van der Waals surface area contributed by atoms with Gasteiger partial charge in [0.15, 0.2) is 5.82 Å². The molecule has 2 aromatic rings. The smallest absolute Gasteiger partial charge is 0.151 e. The molecular weight excluding hydrogens is 164 g/mol. The Morgan fingerprint density at radius 1 is 1.46 bits per heavy atom. The van der Waals surface area contributed by atoms with E-state index in [0.717, 1.165) is 11.2 Å². The summed E-state index contributed by atoms with van der Waals surface area (Å²) in [4.78, 5) is 3.88. The molecule has 4 heteroatoms. The van der Waals surface area contributed by atoms with Crippen LogP contribution in [0.3, 0.4) is 0 Å². The van der Waals surface area contributed by atoms with Crippen molar-refractivity contribution in [3.8, 4) is 11.8 Å². The molecule has 64 valence electrons. The van der Waals surface area contributed by atoms with Crippen LogP contribution in [-0.2, 0) is 0 Å². The SMILES string of the molecule is CC#Cc1ccc2c(N)ncnn12. The molecule has 0 unspecified atom stereocenters. The number of nitrogens with two attached hydrogens (primary N) is 1. The van der Waals surface area contributed by atoms with Gasteiger partial charge in [0.2, 0.25) is 0 Å². The summed E-state index contributed by atoms with van der Waals surface area (Å²) < 4.78 is 1.68. The van der Waals surface area contributed by atoms with Crippen LogP contribution < -0.4 is 5.73 Å². The van der Waals surface area contributed by atoms with Gasteiger partial charge in [-0.25, -0.2) is 9.50 Å². The Labute approximate surface area is 75.4 Å². The third-order valence-electron chi connectivity index (χ3n) is 1.73. The first-order valence-electron chi connectivity index (χ1n) is 3.84. The van der Waals surface area contributed by atoms with E-state index >= 15 is 0 Å². The Bertz CT molecular complexity index is 501. The first-order valence-corrected chi connectivity index (χ1v) is 3.84. The quantitative estimate of drug-likeness (QED) is 0.594. The van der Waals surface area contributed by atoms with Gasteiger partial charge in [-0.05, 0) is 25.0 Å². The Kier molecular flexibility index (Phi) is 1.64. The van der Waals surface area contributed by atoms with Crippen molar-refractivity contribution in [1.29, 1.82) is 0 Å². The van der Waals surface area contributed by atoms with Crippen molar-refractivity contribution in [2.75, 3.05) is 5.73 Å². The Morgan fingerprint density at radius 2 is 2.31 bits per heavy atom. The monoisotopic (exact) mass is 172 g/mol. The highest BCUT2D eigenvalue weighted by atomic mass is 15.2. The van der Waals surface area contributed by atoms with E-state index in [1.165, 1.54) is 6.33 Å². The summed E-state index contributed by atoms with van der Waals surface area (Å²) in [6, 6.07) is 3.73. The van der Waals surface area contributed by atoms with E-state index in [4.69, 9.17) is 5.73 Å². The molecule has 0 atom stereocenters. The van der Waals surface area contributed by atoms with Crippen LogP contribution in [0.2, 0.25) is 0 Å². The number of nitrogen functional groups attached to an aromatic ring is 1. The number of anilines is 1. The average Bonchev–Trinajstić information content (AvgIpc) is 2.51. The van der Waals surface area contributed by atoms with E-state index < -0.39 is 0 Å². The highest BCUT2D eigenvalue weighted by Gasteiger charge is 2.02. The summed E-state index contributed by atoms with van der Waals surface area (Å²) in [6.07, 6.45) is 1.42. The molecule has 13 heavy (non-hydrogen) atoms. The second-order valence-corrected chi connectivity index (χ2v) is 2.54. The molecule has 0 saturated heterocycles. The molecule has 0 aliphatic rings. The standard InChI is InChI=1S/C9H8N4/c1-2-3-7-4-5-8-9(10)11-6-12-13(7)8/h4-6H,1H3,(H2,10,11,12). The van der Waals surface area contributed by atoms with E-state index in [0.29, 0.717) is 5.82 Å². The predicted molar refractivity (Wildman–Crippen MR) is 50.0 cm³/mol. The van der Waals surface area contributed by atoms with Crippen molar-refractivity contribution in [1.82, 2.24) is 14.6 Å². The molecule has 2 N–H and O–H groups in total. The van der Waals surface area contributed by atoms with Gasteiger partial charge in [0, 0.05) is 0 Å². The molecular formula is C9H8N4. The third-order valence-corrected chi connectivity index (χ3v) is 1.73. The average molecular weight is 172 g/mol. The molecule has 0 saturated carbocycles. The normalized spacial score (nSPS) is 9.62. The third kappa shape index (κ3) is 1.11. The summed E-state index contributed by atoms with van der Waals surface area (Å²) in [7, 11) is 0. The van der Waals surface area contributed by atoms with Crippen LogP contribution in [0.1, 0.15) is 12.6 Å². The molecule has 0 aliphatic carbocycles. The molecule has 2 aromatic heterocycles. The fraction of sp³-hybridized carbons (Fsp3) is 0.111. The van der Waals surface area contributed by atoms with Crippen LogP contribution in [0.4, 0.5) is 5.82 Å². The molecule has 0 radical (unpaired) electrons. The highest BCUT2D eigenvalue weighted by molar-refractivity contribution is 5.66. The Balaban J connectivity index is 2.80. The second kappa shape index (κ2) is 2.79. The zero-order valence-electron chi connectivity index (χ0n) is 7.15. The van der Waals surface area contributed by atoms with Crippen LogP contribution in [0.25, 0.3) is 5.52 Å². The van der Waals surface area contributed by atoms with Crippen LogP contribution in [0.15, 0.2) is 18.5 Å². The van der Waals surface area contributed by atoms with E-state index in [1.807, 2.05) is 12.1 Å². The lowest BCUT2D eigenvalue weighted by Crippen LogP contribution is -1.99. The fourth-order valence-corrected chi connectivity index (χ4v) is 1.18. The molecule has 0 spiro atoms. The summed E-state index contributed by atoms with van der Waals surface area (Å²) >= 11 is 0. The molecule has 0 aliphatic heterocycles. The summed E-state index contributed by atoms with van der Waals surface area (Å²) in [6.45, 7) is 1.78. The van der Waals surface area contributed by atoms with Crippen LogP contribution in [0.5, 0.6) is 0 Å². The maximum Gasteiger partial charge on any atom is 0.151 e. The minimum Gasteiger partial charge on any atom is -0.382 e. The summed E-state index contributed by atoms with van der Waals surface area (Å²) in [5, 5.41) is 4.04. The zero-order valence-corrected chi connectivity index (χ0v) is 7.15. The van der Waals surface area contributed by atoms with E-state index in [2.05, 4.69) is 21.9 Å². The van der Waals surface area contributed by atoms with Gasteiger partial charge < -0.3 is 5.73 Å². The van der Waals surface area contributed by atoms with Gasteiger partial charge in [0.25, 0.3) is 0 Å². The Morgan fingerprint density at radius 3 is 3.08 bits per heavy atom. The van der Waals surface area contributed by atoms with Crippen LogP contribution in [0, 0.1) is 11.8 Å². The van der Waals surface area contributed by atoms with Gasteiger partial charge in [-0.1, -0.05) is 5.92 Å². The lowest BCUT2D eigenvalue weighted by Gasteiger charge is -1.96. The van der Waals surface area contributed by atoms with Crippen molar-refractivity contribution in [2.24, 2.45) is 0 Å². The highest BCUT2D eigenvalue weighted by Crippen LogP contribution is 2.11. The predicted octanol–water partition coefficient (Wildman–Crippen LogP) is 0.683. The molecule has 0 fully saturated rings. The van der Waals surface area contributed by atoms with Gasteiger partial charge in [-0.15, -0.1) is 0 Å². The Hall–Kier alpha value is -2.02.